The second kappa shape index (κ2) is 68.1. The maximum absolute atomic E-state index is 12.9. The third-order valence-electron chi connectivity index (χ3n) is 16.2. The number of carbonyl (C=O) groups is 3. The van der Waals surface area contributed by atoms with E-state index in [0.29, 0.717) is 19.3 Å². The van der Waals surface area contributed by atoms with Crippen molar-refractivity contribution in [2.75, 3.05) is 13.2 Å². The van der Waals surface area contributed by atoms with Crippen LogP contribution in [-0.4, -0.2) is 37.2 Å². The Morgan fingerprint density at radius 3 is 0.772 bits per heavy atom. The Morgan fingerprint density at radius 1 is 0.266 bits per heavy atom. The fraction of sp³-hybridized carbons (Fsp3) is 0.877. The fourth-order valence-corrected chi connectivity index (χ4v) is 10.9. The molecule has 0 aliphatic carbocycles. The van der Waals surface area contributed by atoms with Gasteiger partial charge in [0.15, 0.2) is 6.10 Å². The molecule has 6 heteroatoms. The van der Waals surface area contributed by atoms with E-state index >= 15 is 0 Å². The number of rotatable bonds is 66. The second-order valence-corrected chi connectivity index (χ2v) is 24.1. The molecule has 0 bridgehead atoms. The van der Waals surface area contributed by atoms with Crippen molar-refractivity contribution in [1.82, 2.24) is 0 Å². The maximum atomic E-state index is 12.9. The largest absolute Gasteiger partial charge is 0.462 e. The molecule has 0 aromatic carbocycles. The molecule has 0 aromatic heterocycles. The van der Waals surface area contributed by atoms with Crippen LogP contribution in [0.4, 0.5) is 0 Å². The molecule has 0 heterocycles. The highest BCUT2D eigenvalue weighted by Crippen LogP contribution is 2.19. The van der Waals surface area contributed by atoms with Gasteiger partial charge < -0.3 is 14.2 Å². The minimum atomic E-state index is -0.777. The van der Waals surface area contributed by atoms with Gasteiger partial charge in [0.05, 0.1) is 0 Å². The van der Waals surface area contributed by atoms with Gasteiger partial charge in [0.1, 0.15) is 13.2 Å². The predicted octanol–water partition coefficient (Wildman–Crippen LogP) is 24.3. The summed E-state index contributed by atoms with van der Waals surface area (Å²) in [6.07, 6.45) is 84.7. The Hall–Kier alpha value is -2.37. The van der Waals surface area contributed by atoms with E-state index < -0.39 is 6.10 Å². The van der Waals surface area contributed by atoms with Crippen molar-refractivity contribution in [2.45, 2.75) is 399 Å². The zero-order valence-electron chi connectivity index (χ0n) is 53.4. The minimum absolute atomic E-state index is 0.0718. The first-order valence-corrected chi connectivity index (χ1v) is 35.5. The van der Waals surface area contributed by atoms with Crippen LogP contribution >= 0.6 is 0 Å². The summed E-state index contributed by atoms with van der Waals surface area (Å²) >= 11 is 0. The van der Waals surface area contributed by atoms with Gasteiger partial charge in [-0.3, -0.25) is 14.4 Å². The van der Waals surface area contributed by atoms with Crippen molar-refractivity contribution in [2.24, 2.45) is 0 Å². The molecule has 0 saturated heterocycles. The zero-order chi connectivity index (χ0) is 57.1. The lowest BCUT2D eigenvalue weighted by atomic mass is 10.0. The van der Waals surface area contributed by atoms with E-state index in [-0.39, 0.29) is 31.1 Å². The third kappa shape index (κ3) is 66.3. The second-order valence-electron chi connectivity index (χ2n) is 24.1. The van der Waals surface area contributed by atoms with Crippen LogP contribution in [0.15, 0.2) is 36.5 Å². The van der Waals surface area contributed by atoms with Gasteiger partial charge >= 0.3 is 17.9 Å². The van der Waals surface area contributed by atoms with Crippen LogP contribution in [0, 0.1) is 0 Å². The molecule has 0 saturated carbocycles. The molecule has 6 nitrogen and oxygen atoms in total. The highest BCUT2D eigenvalue weighted by Gasteiger charge is 2.19. The van der Waals surface area contributed by atoms with E-state index in [9.17, 15) is 14.4 Å². The molecule has 79 heavy (non-hydrogen) atoms. The van der Waals surface area contributed by atoms with Crippen molar-refractivity contribution in [3.8, 4) is 0 Å². The maximum Gasteiger partial charge on any atom is 0.306 e. The monoisotopic (exact) mass is 1110 g/mol. The number of unbranched alkanes of at least 4 members (excludes halogenated alkanes) is 49. The zero-order valence-corrected chi connectivity index (χ0v) is 53.4. The van der Waals surface area contributed by atoms with E-state index in [1.54, 1.807) is 0 Å². The molecule has 0 aliphatic heterocycles. The number of ether oxygens (including phenoxy) is 3. The van der Waals surface area contributed by atoms with E-state index in [2.05, 4.69) is 57.2 Å². The highest BCUT2D eigenvalue weighted by atomic mass is 16.6. The minimum Gasteiger partial charge on any atom is -0.462 e. The molecule has 1 unspecified atom stereocenters. The van der Waals surface area contributed by atoms with Gasteiger partial charge in [-0.25, -0.2) is 0 Å². The molecule has 0 spiro atoms. The molecule has 1 atom stereocenters. The number of allylic oxidation sites excluding steroid dienone is 6. The van der Waals surface area contributed by atoms with Crippen molar-refractivity contribution >= 4 is 17.9 Å². The van der Waals surface area contributed by atoms with Crippen LogP contribution in [0.1, 0.15) is 393 Å². The molecule has 0 radical (unpaired) electrons. The molecular formula is C73H136O6. The SMILES string of the molecule is CC/C=C\C/C=C\C/C=C\CCCCCCCC(=O)OCC(COC(=O)CCCCCCCCCCCCCCCCCCCCCCCCCCCC)OC(=O)CCCCCCCCCCCCCCCCCCCCCC. The van der Waals surface area contributed by atoms with Crippen molar-refractivity contribution < 1.29 is 28.6 Å². The van der Waals surface area contributed by atoms with Gasteiger partial charge in [0, 0.05) is 19.3 Å². The lowest BCUT2D eigenvalue weighted by molar-refractivity contribution is -0.167. The van der Waals surface area contributed by atoms with E-state index in [0.717, 1.165) is 96.3 Å². The van der Waals surface area contributed by atoms with Crippen LogP contribution < -0.4 is 0 Å². The molecule has 0 aliphatic rings. The Balaban J connectivity index is 4.24. The molecule has 0 N–H and O–H groups in total. The van der Waals surface area contributed by atoms with Gasteiger partial charge in [-0.1, -0.05) is 359 Å². The first-order chi connectivity index (χ1) is 39.0. The summed E-state index contributed by atoms with van der Waals surface area (Å²) in [7, 11) is 0. The fourth-order valence-electron chi connectivity index (χ4n) is 10.9. The van der Waals surface area contributed by atoms with Crippen LogP contribution in [0.2, 0.25) is 0 Å². The third-order valence-corrected chi connectivity index (χ3v) is 16.2. The summed E-state index contributed by atoms with van der Waals surface area (Å²) < 4.78 is 17.0. The lowest BCUT2D eigenvalue weighted by Gasteiger charge is -2.18. The smallest absolute Gasteiger partial charge is 0.306 e. The number of hydrogen-bond donors (Lipinski definition) is 0. The summed E-state index contributed by atoms with van der Waals surface area (Å²) in [6, 6.07) is 0. The average Bonchev–Trinajstić information content (AvgIpc) is 3.45. The van der Waals surface area contributed by atoms with E-state index in [1.807, 2.05) is 0 Å². The first-order valence-electron chi connectivity index (χ1n) is 35.5. The molecule has 0 rings (SSSR count). The summed E-state index contributed by atoms with van der Waals surface area (Å²) in [5, 5.41) is 0. The number of carbonyl (C=O) groups excluding carboxylic acids is 3. The Morgan fingerprint density at radius 2 is 0.494 bits per heavy atom. The van der Waals surface area contributed by atoms with E-state index in [4.69, 9.17) is 14.2 Å². The topological polar surface area (TPSA) is 78.9 Å². The quantitative estimate of drug-likeness (QED) is 0.0261. The van der Waals surface area contributed by atoms with Crippen molar-refractivity contribution in [1.29, 1.82) is 0 Å². The van der Waals surface area contributed by atoms with Gasteiger partial charge in [-0.05, 0) is 51.4 Å². The van der Waals surface area contributed by atoms with Gasteiger partial charge in [0.2, 0.25) is 0 Å². The Bertz CT molecular complexity index is 1320. The van der Waals surface area contributed by atoms with Crippen molar-refractivity contribution in [3.63, 3.8) is 0 Å². The predicted molar refractivity (Wildman–Crippen MR) is 344 cm³/mol. The first kappa shape index (κ1) is 76.6. The highest BCUT2D eigenvalue weighted by molar-refractivity contribution is 5.71. The summed E-state index contributed by atoms with van der Waals surface area (Å²) in [4.78, 5) is 38.4. The standard InChI is InChI=1S/C73H136O6/c1-4-7-10-13-16-19-22-25-28-30-32-34-35-36-37-38-39-41-42-45-48-51-54-57-60-63-66-72(75)78-69-70(68-77-71(74)65-62-59-56-53-50-47-44-27-24-21-18-15-12-9-6-3)79-73(76)67-64-61-58-55-52-49-46-43-40-33-31-29-26-23-20-17-14-11-8-5-2/h9,12,18,21,27,44,70H,4-8,10-11,13-17,19-20,22-26,28-43,45-69H2,1-3H3/b12-9-,21-18-,44-27-. The van der Waals surface area contributed by atoms with Crippen LogP contribution in [0.25, 0.3) is 0 Å². The number of hydrogen-bond acceptors (Lipinski definition) is 6. The lowest BCUT2D eigenvalue weighted by Crippen LogP contribution is -2.30. The number of esters is 3. The normalized spacial score (nSPS) is 12.2. The Kier molecular flexibility index (Phi) is 66.1. The van der Waals surface area contributed by atoms with Crippen LogP contribution in [0.5, 0.6) is 0 Å². The van der Waals surface area contributed by atoms with Crippen molar-refractivity contribution in [3.05, 3.63) is 36.5 Å². The Labute approximate surface area is 493 Å². The van der Waals surface area contributed by atoms with Gasteiger partial charge in [0.25, 0.3) is 0 Å². The summed E-state index contributed by atoms with van der Waals surface area (Å²) in [5.74, 6) is -0.858. The summed E-state index contributed by atoms with van der Waals surface area (Å²) in [6.45, 7) is 6.60. The molecule has 464 valence electrons. The molecule has 0 amide bonds. The average molecular weight is 1110 g/mol. The van der Waals surface area contributed by atoms with Gasteiger partial charge in [-0.15, -0.1) is 0 Å². The van der Waals surface area contributed by atoms with Gasteiger partial charge in [-0.2, -0.15) is 0 Å². The van der Waals surface area contributed by atoms with Crippen LogP contribution in [-0.2, 0) is 28.6 Å². The molecule has 0 aromatic rings. The van der Waals surface area contributed by atoms with Crippen LogP contribution in [0.3, 0.4) is 0 Å². The molecular weight excluding hydrogens is 973 g/mol. The molecule has 0 fully saturated rings. The van der Waals surface area contributed by atoms with E-state index in [1.165, 1.54) is 257 Å². The summed E-state index contributed by atoms with van der Waals surface area (Å²) in [5.41, 5.74) is 0.